The van der Waals surface area contributed by atoms with Gasteiger partial charge in [-0.25, -0.2) is 0 Å². The maximum Gasteiger partial charge on any atom is 0.123 e. The van der Waals surface area contributed by atoms with E-state index in [1.165, 1.54) is 0 Å². The molecule has 0 saturated carbocycles. The van der Waals surface area contributed by atoms with E-state index < -0.39 is 0 Å². The predicted molar refractivity (Wildman–Crippen MR) is 138 cm³/mol. The Kier molecular flexibility index (Phi) is 7.08. The molecule has 1 N–H and O–H groups in total. The summed E-state index contributed by atoms with van der Waals surface area (Å²) in [7, 11) is 0. The number of ether oxygens (including phenoxy) is 2. The molecular weight excluding hydrogens is 462 g/mol. The summed E-state index contributed by atoms with van der Waals surface area (Å²) in [5, 5.41) is 9.16. The topological polar surface area (TPSA) is 76.2 Å². The minimum Gasteiger partial charge on any atom is -0.486 e. The fourth-order valence-electron chi connectivity index (χ4n) is 4.33. The second-order valence-corrected chi connectivity index (χ2v) is 9.14. The first-order valence-electron chi connectivity index (χ1n) is 11.7. The molecule has 0 amide bonds. The van der Waals surface area contributed by atoms with Crippen LogP contribution in [0.25, 0.3) is 23.1 Å². The lowest BCUT2D eigenvalue weighted by Gasteiger charge is -2.26. The molecule has 5 rings (SSSR count). The number of nitrogens with one attached hydrogen (secondary N) is 1. The number of aryl methyl sites for hydroxylation is 1. The van der Waals surface area contributed by atoms with Gasteiger partial charge in [-0.3, -0.25) is 20.0 Å². The molecule has 0 bridgehead atoms. The highest BCUT2D eigenvalue weighted by Crippen LogP contribution is 2.31. The number of nitrogens with zero attached hydrogens (tertiary/aromatic N) is 4. The first-order chi connectivity index (χ1) is 17.1. The highest BCUT2D eigenvalue weighted by Gasteiger charge is 2.16. The van der Waals surface area contributed by atoms with Crippen LogP contribution in [-0.4, -0.2) is 51.4 Å². The van der Waals surface area contributed by atoms with E-state index in [2.05, 4.69) is 37.2 Å². The highest BCUT2D eigenvalue weighted by atomic mass is 35.5. The number of fused-ring (bicyclic) bond motifs is 1. The van der Waals surface area contributed by atoms with Crippen molar-refractivity contribution in [2.24, 2.45) is 0 Å². The first-order valence-corrected chi connectivity index (χ1v) is 12.1. The molecule has 3 aromatic heterocycles. The molecule has 8 heteroatoms. The highest BCUT2D eigenvalue weighted by molar-refractivity contribution is 6.31. The molecule has 7 nitrogen and oxygen atoms in total. The van der Waals surface area contributed by atoms with Gasteiger partial charge in [-0.1, -0.05) is 23.7 Å². The Labute approximate surface area is 209 Å². The summed E-state index contributed by atoms with van der Waals surface area (Å²) in [5.41, 5.74) is 5.82. The van der Waals surface area contributed by atoms with Gasteiger partial charge in [0.1, 0.15) is 11.9 Å². The number of benzene rings is 1. The van der Waals surface area contributed by atoms with Crippen molar-refractivity contribution < 1.29 is 9.47 Å². The van der Waals surface area contributed by atoms with Crippen molar-refractivity contribution in [3.05, 3.63) is 82.0 Å². The van der Waals surface area contributed by atoms with Crippen LogP contribution in [0.1, 0.15) is 41.1 Å². The summed E-state index contributed by atoms with van der Waals surface area (Å²) >= 11 is 6.37. The van der Waals surface area contributed by atoms with E-state index in [0.29, 0.717) is 5.02 Å². The third kappa shape index (κ3) is 5.53. The van der Waals surface area contributed by atoms with Gasteiger partial charge in [0.25, 0.3) is 0 Å². The van der Waals surface area contributed by atoms with E-state index in [9.17, 15) is 0 Å². The Bertz CT molecular complexity index is 1310. The quantitative estimate of drug-likeness (QED) is 0.371. The summed E-state index contributed by atoms with van der Waals surface area (Å²) < 4.78 is 11.6. The van der Waals surface area contributed by atoms with Crippen molar-refractivity contribution in [1.82, 2.24) is 25.1 Å². The van der Waals surface area contributed by atoms with Gasteiger partial charge in [0, 0.05) is 49.2 Å². The fraction of sp³-hybridized carbons (Fsp3) is 0.296. The van der Waals surface area contributed by atoms with E-state index >= 15 is 0 Å². The average Bonchev–Trinajstić information content (AvgIpc) is 3.26. The van der Waals surface area contributed by atoms with Gasteiger partial charge in [0.15, 0.2) is 0 Å². The molecule has 1 saturated heterocycles. The second-order valence-electron chi connectivity index (χ2n) is 8.73. The van der Waals surface area contributed by atoms with E-state index in [4.69, 9.17) is 21.1 Å². The Morgan fingerprint density at radius 2 is 2.00 bits per heavy atom. The monoisotopic (exact) mass is 489 g/mol. The fourth-order valence-corrected chi connectivity index (χ4v) is 4.68. The molecule has 1 fully saturated rings. The zero-order chi connectivity index (χ0) is 24.2. The van der Waals surface area contributed by atoms with Crippen LogP contribution < -0.4 is 4.74 Å². The van der Waals surface area contributed by atoms with Crippen molar-refractivity contribution in [3.8, 4) is 5.75 Å². The lowest BCUT2D eigenvalue weighted by Crippen LogP contribution is -2.35. The number of pyridine rings is 2. The smallest absolute Gasteiger partial charge is 0.123 e. The maximum absolute atomic E-state index is 6.37. The minimum absolute atomic E-state index is 0.212. The van der Waals surface area contributed by atoms with Crippen molar-refractivity contribution in [3.63, 3.8) is 0 Å². The Balaban J connectivity index is 1.29. The molecule has 180 valence electrons. The van der Waals surface area contributed by atoms with Crippen molar-refractivity contribution >= 4 is 34.7 Å². The molecule has 0 unspecified atom stereocenters. The summed E-state index contributed by atoms with van der Waals surface area (Å²) in [6, 6.07) is 10.1. The number of halogens is 1. The summed E-state index contributed by atoms with van der Waals surface area (Å²) in [6.07, 6.45) is 9.16. The van der Waals surface area contributed by atoms with Gasteiger partial charge >= 0.3 is 0 Å². The average molecular weight is 490 g/mol. The molecular formula is C27H28ClN5O2. The maximum atomic E-state index is 6.37. The molecule has 1 aliphatic rings. The number of H-pyrrole nitrogens is 1. The SMILES string of the molecule is Cc1cncc(Cl)c1[C@@H](C)Oc1ccc2[nH]nc(/C=C/c3ccc(CN4CCOCC4)nc3)c2c1. The first kappa shape index (κ1) is 23.5. The Hall–Kier alpha value is -3.26. The Morgan fingerprint density at radius 3 is 2.77 bits per heavy atom. The van der Waals surface area contributed by atoms with Crippen LogP contribution in [0.2, 0.25) is 5.02 Å². The molecule has 1 aliphatic heterocycles. The van der Waals surface area contributed by atoms with Crippen molar-refractivity contribution in [2.75, 3.05) is 26.3 Å². The summed E-state index contributed by atoms with van der Waals surface area (Å²) in [4.78, 5) is 11.1. The molecule has 35 heavy (non-hydrogen) atoms. The zero-order valence-corrected chi connectivity index (χ0v) is 20.6. The van der Waals surface area contributed by atoms with Gasteiger partial charge < -0.3 is 9.47 Å². The number of morpholine rings is 1. The number of hydrogen-bond donors (Lipinski definition) is 1. The van der Waals surface area contributed by atoms with Crippen LogP contribution in [-0.2, 0) is 11.3 Å². The lowest BCUT2D eigenvalue weighted by atomic mass is 10.1. The molecule has 0 spiro atoms. The van der Waals surface area contributed by atoms with E-state index in [1.54, 1.807) is 12.4 Å². The van der Waals surface area contributed by atoms with Gasteiger partial charge in [-0.15, -0.1) is 0 Å². The van der Waals surface area contributed by atoms with Crippen LogP contribution in [0.4, 0.5) is 0 Å². The van der Waals surface area contributed by atoms with E-state index in [1.807, 2.05) is 50.4 Å². The minimum atomic E-state index is -0.212. The molecule has 0 aliphatic carbocycles. The molecule has 0 radical (unpaired) electrons. The van der Waals surface area contributed by atoms with Gasteiger partial charge in [0.2, 0.25) is 0 Å². The normalized spacial score (nSPS) is 15.6. The van der Waals surface area contributed by atoms with Crippen LogP contribution in [0.3, 0.4) is 0 Å². The van der Waals surface area contributed by atoms with E-state index in [-0.39, 0.29) is 6.10 Å². The van der Waals surface area contributed by atoms with Gasteiger partial charge in [-0.05, 0) is 55.3 Å². The molecule has 4 aromatic rings. The standard InChI is InChI=1S/C27H28ClN5O2/c1-18-14-29-16-24(28)27(18)19(2)35-22-6-8-26-23(13-22)25(31-32-26)7-4-20-3-5-21(30-15-20)17-33-9-11-34-12-10-33/h3-8,13-16,19H,9-12,17H2,1-2H3,(H,31,32)/b7-4+/t19-/m1/s1. The summed E-state index contributed by atoms with van der Waals surface area (Å²) in [6.45, 7) is 8.32. The largest absolute Gasteiger partial charge is 0.486 e. The third-order valence-electron chi connectivity index (χ3n) is 6.19. The zero-order valence-electron chi connectivity index (χ0n) is 19.9. The molecule has 1 atom stereocenters. The second kappa shape index (κ2) is 10.6. The number of hydrogen-bond acceptors (Lipinski definition) is 6. The van der Waals surface area contributed by atoms with Gasteiger partial charge in [-0.2, -0.15) is 5.10 Å². The number of rotatable bonds is 7. The van der Waals surface area contributed by atoms with Crippen LogP contribution in [0.5, 0.6) is 5.75 Å². The Morgan fingerprint density at radius 1 is 1.14 bits per heavy atom. The van der Waals surface area contributed by atoms with Crippen LogP contribution in [0.15, 0.2) is 48.9 Å². The van der Waals surface area contributed by atoms with Crippen molar-refractivity contribution in [2.45, 2.75) is 26.5 Å². The lowest BCUT2D eigenvalue weighted by molar-refractivity contribution is 0.0336. The molecule has 1 aromatic carbocycles. The van der Waals surface area contributed by atoms with Crippen LogP contribution >= 0.6 is 11.6 Å². The van der Waals surface area contributed by atoms with Crippen LogP contribution in [0, 0.1) is 6.92 Å². The molecule has 4 heterocycles. The van der Waals surface area contributed by atoms with E-state index in [0.717, 1.165) is 77.6 Å². The third-order valence-corrected chi connectivity index (χ3v) is 6.49. The summed E-state index contributed by atoms with van der Waals surface area (Å²) in [5.74, 6) is 0.752. The van der Waals surface area contributed by atoms with Crippen molar-refractivity contribution in [1.29, 1.82) is 0 Å². The number of aromatic amines is 1. The number of aromatic nitrogens is 4. The van der Waals surface area contributed by atoms with Gasteiger partial charge in [0.05, 0.1) is 35.1 Å². The predicted octanol–water partition coefficient (Wildman–Crippen LogP) is 5.46.